The number of hydrogen-bond acceptors (Lipinski definition) is 9. The maximum Gasteiger partial charge on any atom is 1.00 e. The van der Waals surface area contributed by atoms with E-state index in [9.17, 15) is 8.42 Å². The van der Waals surface area contributed by atoms with Crippen molar-refractivity contribution in [2.45, 2.75) is 13.1 Å². The Kier molecular flexibility index (Phi) is 16.2. The van der Waals surface area contributed by atoms with Crippen LogP contribution in [0.4, 0.5) is 0 Å². The molecule has 0 unspecified atom stereocenters. The van der Waals surface area contributed by atoms with Crippen LogP contribution < -0.4 is 51.4 Å². The zero-order chi connectivity index (χ0) is 20.8. The van der Waals surface area contributed by atoms with Crippen LogP contribution >= 0.6 is 0 Å². The van der Waals surface area contributed by atoms with E-state index in [2.05, 4.69) is 15.2 Å². The van der Waals surface area contributed by atoms with Gasteiger partial charge in [-0.25, -0.2) is 13.1 Å². The molecule has 0 aliphatic carbocycles. The molecule has 13 heteroatoms. The summed E-state index contributed by atoms with van der Waals surface area (Å²) in [4.78, 5) is 2.08. The maximum absolute atomic E-state index is 11.5. The van der Waals surface area contributed by atoms with E-state index >= 15 is 0 Å². The molecule has 1 fully saturated rings. The summed E-state index contributed by atoms with van der Waals surface area (Å²) in [5.41, 5.74) is 7.76. The first kappa shape index (κ1) is 28.5. The molecule has 1 aliphatic rings. The predicted molar refractivity (Wildman–Crippen MR) is 106 cm³/mol. The Morgan fingerprint density at radius 1 is 0.900 bits per heavy atom. The van der Waals surface area contributed by atoms with Gasteiger partial charge in [-0.15, -0.1) is 11.6 Å². The van der Waals surface area contributed by atoms with Crippen LogP contribution in [-0.4, -0.2) is 112 Å². The van der Waals surface area contributed by atoms with Gasteiger partial charge in [0.25, 0.3) is 0 Å². The minimum absolute atomic E-state index is 0. The van der Waals surface area contributed by atoms with E-state index in [4.69, 9.17) is 24.7 Å². The summed E-state index contributed by atoms with van der Waals surface area (Å²) in [6, 6.07) is 0. The summed E-state index contributed by atoms with van der Waals surface area (Å²) in [7, 11) is -2.86. The summed E-state index contributed by atoms with van der Waals surface area (Å²) in [5, 5.41) is 8.21. The largest absolute Gasteiger partial charge is 1.00 e. The third-order valence-electron chi connectivity index (χ3n) is 4.24. The molecule has 1 aromatic rings. The number of ether oxygens (including phenoxy) is 4. The van der Waals surface area contributed by atoms with Gasteiger partial charge in [0.15, 0.2) is 9.84 Å². The fourth-order valence-corrected chi connectivity index (χ4v) is 3.93. The van der Waals surface area contributed by atoms with Gasteiger partial charge >= 0.3 is 51.4 Å². The second-order valence-corrected chi connectivity index (χ2v) is 8.90. The molecule has 2 heterocycles. The number of nitrogens with one attached hydrogen (secondary N) is 1. The van der Waals surface area contributed by atoms with E-state index in [1.807, 2.05) is 6.20 Å². The molecular weight excluding hydrogens is 441 g/mol. The monoisotopic (exact) mass is 473 g/mol. The fraction of sp³-hybridized carbons (Fsp3) is 0.882. The molecule has 1 aliphatic heterocycles. The average molecular weight is 474 g/mol. The fourth-order valence-electron chi connectivity index (χ4n) is 2.65. The molecule has 0 radical (unpaired) electrons. The van der Waals surface area contributed by atoms with Crippen molar-refractivity contribution in [3.8, 4) is 0 Å². The smallest absolute Gasteiger partial charge is 0.676 e. The van der Waals surface area contributed by atoms with Crippen LogP contribution in [0, 0.1) is 0 Å². The van der Waals surface area contributed by atoms with Crippen LogP contribution in [0.2, 0.25) is 0 Å². The minimum Gasteiger partial charge on any atom is -0.676 e. The molecule has 0 amide bonds. The molecule has 1 saturated heterocycles. The van der Waals surface area contributed by atoms with Gasteiger partial charge in [-0.05, 0) is 0 Å². The summed E-state index contributed by atoms with van der Waals surface area (Å²) in [6.07, 6.45) is 1.87. The van der Waals surface area contributed by atoms with Crippen LogP contribution in [0.15, 0.2) is 6.20 Å². The van der Waals surface area contributed by atoms with Crippen LogP contribution in [0.3, 0.4) is 0 Å². The van der Waals surface area contributed by atoms with Gasteiger partial charge < -0.3 is 24.7 Å². The number of rotatable bonds is 16. The van der Waals surface area contributed by atoms with Crippen molar-refractivity contribution in [3.05, 3.63) is 17.6 Å². The molecule has 30 heavy (non-hydrogen) atoms. The first-order valence-corrected chi connectivity index (χ1v) is 11.7. The second kappa shape index (κ2) is 17.0. The minimum atomic E-state index is -2.86. The molecule has 0 atom stereocenters. The molecule has 0 bridgehead atoms. The molecule has 0 spiro atoms. The van der Waals surface area contributed by atoms with Crippen molar-refractivity contribution in [2.24, 2.45) is 0 Å². The number of hydrogen-bond donors (Lipinski definition) is 0. The van der Waals surface area contributed by atoms with Crippen LogP contribution in [0.5, 0.6) is 0 Å². The van der Waals surface area contributed by atoms with Gasteiger partial charge in [-0.2, -0.15) is 0 Å². The molecule has 0 saturated carbocycles. The van der Waals surface area contributed by atoms with Crippen molar-refractivity contribution >= 4 is 9.84 Å². The van der Waals surface area contributed by atoms with Crippen LogP contribution in [0.1, 0.15) is 5.69 Å². The molecule has 1 aromatic heterocycles. The Balaban J connectivity index is 0.00000450. The summed E-state index contributed by atoms with van der Waals surface area (Å²) in [6.45, 7) is 6.56. The molecule has 11 nitrogen and oxygen atoms in total. The Bertz CT molecular complexity index is 649. The molecule has 1 N–H and O–H groups in total. The standard InChI is InChI=1S/C17H32N5O6S.K/c18-1-5-25-7-9-27-11-12-28-10-8-26-6-2-22-16-17(19-20-22)15-21-3-13-29(23,24)14-4-21;/h16,18H,1-15H2;/q-1;+1. The van der Waals surface area contributed by atoms with Crippen molar-refractivity contribution in [1.29, 1.82) is 0 Å². The van der Waals surface area contributed by atoms with Crippen molar-refractivity contribution < 1.29 is 78.7 Å². The first-order chi connectivity index (χ1) is 14.1. The average Bonchev–Trinajstić information content (AvgIpc) is 3.14. The summed E-state index contributed by atoms with van der Waals surface area (Å²) >= 11 is 0. The van der Waals surface area contributed by atoms with E-state index in [0.29, 0.717) is 79.0 Å². The number of aromatic nitrogens is 3. The topological polar surface area (TPSA) is 129 Å². The van der Waals surface area contributed by atoms with E-state index in [-0.39, 0.29) is 69.4 Å². The summed E-state index contributed by atoms with van der Waals surface area (Å²) in [5.74, 6) is 0.425. The van der Waals surface area contributed by atoms with Crippen LogP contribution in [-0.2, 0) is 41.9 Å². The molecule has 168 valence electrons. The van der Waals surface area contributed by atoms with E-state index in [1.54, 1.807) is 4.68 Å². The van der Waals surface area contributed by atoms with Gasteiger partial charge in [0.2, 0.25) is 0 Å². The summed E-state index contributed by atoms with van der Waals surface area (Å²) < 4.78 is 46.0. The molecular formula is C17H32KN5O6S. The van der Waals surface area contributed by atoms with Crippen LogP contribution in [0.25, 0.3) is 5.73 Å². The van der Waals surface area contributed by atoms with Gasteiger partial charge in [-0.3, -0.25) is 4.90 Å². The molecule has 2 rings (SSSR count). The maximum atomic E-state index is 11.5. The predicted octanol–water partition coefficient (Wildman–Crippen LogP) is -3.37. The third kappa shape index (κ3) is 13.1. The van der Waals surface area contributed by atoms with Gasteiger partial charge in [-0.1, -0.05) is 5.21 Å². The quantitative estimate of drug-likeness (QED) is 0.178. The van der Waals surface area contributed by atoms with Gasteiger partial charge in [0.1, 0.15) is 0 Å². The normalized spacial score (nSPS) is 16.4. The first-order valence-electron chi connectivity index (χ1n) is 9.86. The van der Waals surface area contributed by atoms with Crippen molar-refractivity contribution in [1.82, 2.24) is 19.9 Å². The van der Waals surface area contributed by atoms with E-state index in [0.717, 1.165) is 5.69 Å². The second-order valence-electron chi connectivity index (χ2n) is 6.60. The molecule has 0 aromatic carbocycles. The zero-order valence-electron chi connectivity index (χ0n) is 17.8. The SMILES string of the molecule is [K+].[NH-]CCOCCOCCOCCOCCn1cc(CN2CCS(=O)(=O)CC2)nn1. The Morgan fingerprint density at radius 2 is 1.43 bits per heavy atom. The zero-order valence-corrected chi connectivity index (χ0v) is 21.8. The number of sulfone groups is 1. The third-order valence-corrected chi connectivity index (χ3v) is 5.85. The van der Waals surface area contributed by atoms with E-state index < -0.39 is 9.84 Å². The Hall–Kier alpha value is 0.486. The number of nitrogens with zero attached hydrogens (tertiary/aromatic N) is 4. The van der Waals surface area contributed by atoms with Crippen molar-refractivity contribution in [2.75, 3.05) is 84.0 Å². The Morgan fingerprint density at radius 3 is 2.00 bits per heavy atom. The van der Waals surface area contributed by atoms with E-state index in [1.165, 1.54) is 0 Å². The van der Waals surface area contributed by atoms with Crippen molar-refractivity contribution in [3.63, 3.8) is 0 Å². The Labute approximate surface area is 221 Å². The van der Waals surface area contributed by atoms with Gasteiger partial charge in [0.05, 0.1) is 70.0 Å². The van der Waals surface area contributed by atoms with Gasteiger partial charge in [0, 0.05) is 32.4 Å².